The second kappa shape index (κ2) is 13.2. The van der Waals surface area contributed by atoms with E-state index in [1.165, 1.54) is 12.1 Å². The predicted molar refractivity (Wildman–Crippen MR) is 173 cm³/mol. The normalized spacial score (nSPS) is 12.0. The monoisotopic (exact) mass is 704 g/mol. The Kier molecular flexibility index (Phi) is 9.02. The number of rotatable bonds is 10. The van der Waals surface area contributed by atoms with Crippen LogP contribution >= 0.6 is 0 Å². The Morgan fingerprint density at radius 2 is 0.755 bits per heavy atom. The molecule has 0 spiro atoms. The smallest absolute Gasteiger partial charge is 0.339 e. The van der Waals surface area contributed by atoms with Crippen LogP contribution in [0.1, 0.15) is 22.3 Å². The zero-order valence-corrected chi connectivity index (χ0v) is 26.8. The minimum atomic E-state index is -4.54. The van der Waals surface area contributed by atoms with Crippen molar-refractivity contribution >= 4 is 20.2 Å². The van der Waals surface area contributed by atoms with Crippen LogP contribution in [0.4, 0.5) is 17.6 Å². The molecule has 6 aromatic rings. The summed E-state index contributed by atoms with van der Waals surface area (Å²) in [4.78, 5) is -0.779. The molecular formula is C37H24F4O6S2. The van der Waals surface area contributed by atoms with Gasteiger partial charge in [0, 0.05) is 0 Å². The van der Waals surface area contributed by atoms with E-state index < -0.39 is 60.4 Å². The summed E-state index contributed by atoms with van der Waals surface area (Å²) in [5.41, 5.74) is 0.134. The third kappa shape index (κ3) is 6.65. The lowest BCUT2D eigenvalue weighted by molar-refractivity contribution is 0.460. The molecular weight excluding hydrogens is 681 g/mol. The van der Waals surface area contributed by atoms with Gasteiger partial charge in [-0.3, -0.25) is 0 Å². The van der Waals surface area contributed by atoms with Crippen molar-refractivity contribution in [2.45, 2.75) is 15.2 Å². The van der Waals surface area contributed by atoms with E-state index in [4.69, 9.17) is 8.37 Å². The van der Waals surface area contributed by atoms with Crippen molar-refractivity contribution in [3.8, 4) is 11.5 Å². The van der Waals surface area contributed by atoms with Crippen molar-refractivity contribution in [2.75, 3.05) is 0 Å². The van der Waals surface area contributed by atoms with Gasteiger partial charge in [0.15, 0.2) is 23.1 Å². The van der Waals surface area contributed by atoms with Crippen LogP contribution in [-0.2, 0) is 25.7 Å². The van der Waals surface area contributed by atoms with Gasteiger partial charge >= 0.3 is 20.2 Å². The standard InChI is InChI=1S/C37H24F4O6S2/c38-29-13-17-31(18-14-29)48(42,43)46-35-21-11-27(23-33(35)40)37(25-7-3-1-4-8-25,26-9-5-2-6-10-26)28-12-22-36(34(41)24-28)47-49(44,45)32-19-15-30(39)16-20-32/h1-24H. The van der Waals surface area contributed by atoms with Gasteiger partial charge in [0.1, 0.15) is 21.4 Å². The van der Waals surface area contributed by atoms with Gasteiger partial charge < -0.3 is 8.37 Å². The van der Waals surface area contributed by atoms with Crippen molar-refractivity contribution in [1.82, 2.24) is 0 Å². The van der Waals surface area contributed by atoms with E-state index in [1.54, 1.807) is 60.7 Å². The van der Waals surface area contributed by atoms with E-state index >= 15 is 8.78 Å². The van der Waals surface area contributed by atoms with Crippen molar-refractivity contribution in [3.63, 3.8) is 0 Å². The van der Waals surface area contributed by atoms with Gasteiger partial charge in [-0.15, -0.1) is 0 Å². The molecule has 12 heteroatoms. The molecule has 6 nitrogen and oxygen atoms in total. The molecule has 0 amide bonds. The lowest BCUT2D eigenvalue weighted by Crippen LogP contribution is -2.31. The van der Waals surface area contributed by atoms with Crippen LogP contribution in [0.25, 0.3) is 0 Å². The average Bonchev–Trinajstić information content (AvgIpc) is 3.09. The summed E-state index contributed by atoms with van der Waals surface area (Å²) in [5.74, 6) is -4.74. The molecule has 0 saturated heterocycles. The predicted octanol–water partition coefficient (Wildman–Crippen LogP) is 8.16. The van der Waals surface area contributed by atoms with Crippen LogP contribution in [0.2, 0.25) is 0 Å². The molecule has 0 fully saturated rings. The van der Waals surface area contributed by atoms with Crippen LogP contribution in [0, 0.1) is 23.3 Å². The third-order valence-electron chi connectivity index (χ3n) is 7.75. The fourth-order valence-corrected chi connectivity index (χ4v) is 7.39. The van der Waals surface area contributed by atoms with Gasteiger partial charge in [0.2, 0.25) is 0 Å². The lowest BCUT2D eigenvalue weighted by atomic mass is 9.65. The molecule has 0 atom stereocenters. The van der Waals surface area contributed by atoms with Gasteiger partial charge in [-0.2, -0.15) is 16.8 Å². The highest BCUT2D eigenvalue weighted by Crippen LogP contribution is 2.47. The van der Waals surface area contributed by atoms with E-state index in [0.29, 0.717) is 11.1 Å². The van der Waals surface area contributed by atoms with Crippen molar-refractivity contribution in [2.24, 2.45) is 0 Å². The van der Waals surface area contributed by atoms with Gasteiger partial charge in [0.25, 0.3) is 0 Å². The molecule has 6 rings (SSSR count). The second-order valence-corrected chi connectivity index (χ2v) is 13.8. The summed E-state index contributed by atoms with van der Waals surface area (Å²) in [6, 6.07) is 32.3. The quantitative estimate of drug-likeness (QED) is 0.0813. The number of hydrogen-bond acceptors (Lipinski definition) is 6. The molecule has 0 heterocycles. The molecule has 0 aliphatic heterocycles. The fourth-order valence-electron chi connectivity index (χ4n) is 5.51. The SMILES string of the molecule is O=S(=O)(Oc1ccc(C(c2ccccc2)(c2ccccc2)c2ccc(OS(=O)(=O)c3ccc(F)cc3)c(F)c2)cc1F)c1ccc(F)cc1. The van der Waals surface area contributed by atoms with Crippen molar-refractivity contribution < 1.29 is 42.8 Å². The Bertz CT molecular complexity index is 2170. The van der Waals surface area contributed by atoms with E-state index in [1.807, 2.05) is 0 Å². The summed E-state index contributed by atoms with van der Waals surface area (Å²) < 4.78 is 120. The van der Waals surface area contributed by atoms with Crippen LogP contribution in [0.5, 0.6) is 11.5 Å². The molecule has 0 aliphatic rings. The maximum atomic E-state index is 15.9. The van der Waals surface area contributed by atoms with E-state index in [0.717, 1.165) is 72.8 Å². The topological polar surface area (TPSA) is 86.7 Å². The Morgan fingerprint density at radius 3 is 1.08 bits per heavy atom. The first-order valence-corrected chi connectivity index (χ1v) is 17.3. The summed E-state index contributed by atoms with van der Waals surface area (Å²) in [6.45, 7) is 0. The molecule has 0 N–H and O–H groups in total. The molecule has 0 unspecified atom stereocenters. The van der Waals surface area contributed by atoms with Gasteiger partial charge in [-0.05, 0) is 95.1 Å². The van der Waals surface area contributed by atoms with Gasteiger partial charge in [-0.1, -0.05) is 72.8 Å². The zero-order chi connectivity index (χ0) is 34.8. The summed E-state index contributed by atoms with van der Waals surface area (Å²) in [7, 11) is -9.09. The van der Waals surface area contributed by atoms with Crippen LogP contribution in [0.3, 0.4) is 0 Å². The van der Waals surface area contributed by atoms with Crippen LogP contribution in [0.15, 0.2) is 155 Å². The first-order chi connectivity index (χ1) is 23.4. The maximum absolute atomic E-state index is 15.9. The summed E-state index contributed by atoms with van der Waals surface area (Å²) in [6.07, 6.45) is 0. The zero-order valence-electron chi connectivity index (χ0n) is 25.1. The van der Waals surface area contributed by atoms with Crippen LogP contribution in [-0.4, -0.2) is 16.8 Å². The van der Waals surface area contributed by atoms with E-state index in [2.05, 4.69) is 0 Å². The Hall–Kier alpha value is -5.46. The second-order valence-electron chi connectivity index (χ2n) is 10.8. The van der Waals surface area contributed by atoms with Crippen molar-refractivity contribution in [3.05, 3.63) is 191 Å². The third-order valence-corrected chi connectivity index (χ3v) is 10.2. The maximum Gasteiger partial charge on any atom is 0.339 e. The first kappa shape index (κ1) is 33.4. The van der Waals surface area contributed by atoms with E-state index in [9.17, 15) is 25.6 Å². The molecule has 49 heavy (non-hydrogen) atoms. The largest absolute Gasteiger partial charge is 0.376 e. The van der Waals surface area contributed by atoms with Gasteiger partial charge in [-0.25, -0.2) is 17.6 Å². The average molecular weight is 705 g/mol. The fraction of sp³-hybridized carbons (Fsp3) is 0.0270. The van der Waals surface area contributed by atoms with Crippen LogP contribution < -0.4 is 8.37 Å². The molecule has 0 saturated carbocycles. The van der Waals surface area contributed by atoms with Gasteiger partial charge in [0.05, 0.1) is 5.41 Å². The van der Waals surface area contributed by atoms with Crippen molar-refractivity contribution in [1.29, 1.82) is 0 Å². The van der Waals surface area contributed by atoms with E-state index in [-0.39, 0.29) is 20.9 Å². The lowest BCUT2D eigenvalue weighted by Gasteiger charge is -2.37. The Balaban J connectivity index is 1.49. The number of halogens is 4. The molecule has 248 valence electrons. The molecule has 0 aromatic heterocycles. The molecule has 0 aliphatic carbocycles. The Labute approximate surface area is 280 Å². The highest BCUT2D eigenvalue weighted by Gasteiger charge is 2.40. The summed E-state index contributed by atoms with van der Waals surface area (Å²) in [5, 5.41) is 0. The minimum absolute atomic E-state index is 0.237. The Morgan fingerprint density at radius 1 is 0.408 bits per heavy atom. The molecule has 0 bridgehead atoms. The highest BCUT2D eigenvalue weighted by molar-refractivity contribution is 7.87. The first-order valence-electron chi connectivity index (χ1n) is 14.5. The molecule has 0 radical (unpaired) electrons. The summed E-state index contributed by atoms with van der Waals surface area (Å²) >= 11 is 0. The highest BCUT2D eigenvalue weighted by atomic mass is 32.2. The minimum Gasteiger partial charge on any atom is -0.376 e. The number of hydrogen-bond donors (Lipinski definition) is 0. The number of benzene rings is 6. The molecule has 6 aromatic carbocycles.